The molecule has 1 saturated carbocycles. The van der Waals surface area contributed by atoms with Gasteiger partial charge in [-0.05, 0) is 24.4 Å². The molecule has 1 aliphatic carbocycles. The maximum Gasteiger partial charge on any atom is 0.340 e. The Morgan fingerprint density at radius 1 is 1.24 bits per heavy atom. The van der Waals surface area contributed by atoms with Crippen molar-refractivity contribution in [2.45, 2.75) is 50.2 Å². The number of ether oxygens (including phenoxy) is 1. The van der Waals surface area contributed by atoms with Crippen LogP contribution >= 0.6 is 26.8 Å². The van der Waals surface area contributed by atoms with E-state index in [-0.39, 0.29) is 17.0 Å². The highest BCUT2D eigenvalue weighted by Gasteiger charge is 2.35. The quantitative estimate of drug-likeness (QED) is 0.178. The number of nitrogens with zero attached hydrogens (tertiary/aromatic N) is 4. The van der Waals surface area contributed by atoms with Gasteiger partial charge in [-0.15, -0.1) is 0 Å². The maximum absolute atomic E-state index is 11.8. The lowest BCUT2D eigenvalue weighted by Crippen LogP contribution is -2.39. The predicted molar refractivity (Wildman–Crippen MR) is 117 cm³/mol. The van der Waals surface area contributed by atoms with Gasteiger partial charge in [0.2, 0.25) is 5.28 Å². The van der Waals surface area contributed by atoms with Crippen LogP contribution in [0.25, 0.3) is 11.0 Å². The lowest BCUT2D eigenvalue weighted by molar-refractivity contribution is -0.117. The zero-order chi connectivity index (χ0) is 24.4. The fourth-order valence-corrected chi connectivity index (χ4v) is 6.31. The van der Waals surface area contributed by atoms with Crippen LogP contribution in [0.4, 0.5) is 5.82 Å². The van der Waals surface area contributed by atoms with Crippen molar-refractivity contribution in [1.82, 2.24) is 19.7 Å². The van der Waals surface area contributed by atoms with Gasteiger partial charge in [-0.25, -0.2) is 4.68 Å². The van der Waals surface area contributed by atoms with Gasteiger partial charge in [0.15, 0.2) is 17.8 Å². The fraction of sp³-hybridized carbons (Fsp3) is 0.688. The van der Waals surface area contributed by atoms with Crippen molar-refractivity contribution < 1.29 is 43.3 Å². The molecule has 0 saturated heterocycles. The van der Waals surface area contributed by atoms with E-state index in [2.05, 4.69) is 24.9 Å². The monoisotopic (exact) mass is 529 g/mol. The Kier molecular flexibility index (Phi) is 8.50. The van der Waals surface area contributed by atoms with E-state index in [9.17, 15) is 24.2 Å². The summed E-state index contributed by atoms with van der Waals surface area (Å²) in [6.07, 6.45) is 0.729. The van der Waals surface area contributed by atoms with Crippen LogP contribution in [0.15, 0.2) is 6.20 Å². The van der Waals surface area contributed by atoms with Crippen molar-refractivity contribution in [2.75, 3.05) is 24.9 Å². The summed E-state index contributed by atoms with van der Waals surface area (Å²) in [5.41, 5.74) is 0.132. The lowest BCUT2D eigenvalue weighted by Gasteiger charge is -2.26. The number of methoxy groups -OCH3 is 1. The number of hydrogen-bond acceptors (Lipinski definition) is 10. The number of halogens is 1. The van der Waals surface area contributed by atoms with Crippen molar-refractivity contribution in [1.29, 1.82) is 0 Å². The zero-order valence-electron chi connectivity index (χ0n) is 17.6. The third-order valence-corrected chi connectivity index (χ3v) is 8.79. The lowest BCUT2D eigenvalue weighted by atomic mass is 10.2. The molecule has 1 aliphatic rings. The van der Waals surface area contributed by atoms with Gasteiger partial charge < -0.3 is 39.5 Å². The first-order chi connectivity index (χ1) is 15.4. The summed E-state index contributed by atoms with van der Waals surface area (Å²) >= 11 is 6.05. The topological polar surface area (TPSA) is 209 Å². The second kappa shape index (κ2) is 10.6. The third-order valence-electron chi connectivity index (χ3n) is 5.17. The smallest absolute Gasteiger partial charge is 0.340 e. The number of anilines is 1. The Balaban J connectivity index is 1.77. The summed E-state index contributed by atoms with van der Waals surface area (Å²) in [6, 6.07) is 0.218. The van der Waals surface area contributed by atoms with Crippen LogP contribution in [-0.2, 0) is 18.4 Å². The van der Waals surface area contributed by atoms with Crippen LogP contribution in [-0.4, -0.2) is 82.5 Å². The van der Waals surface area contributed by atoms with Crippen LogP contribution in [0, 0.1) is 0 Å². The first kappa shape index (κ1) is 26.4. The van der Waals surface area contributed by atoms with Crippen molar-refractivity contribution in [3.8, 4) is 0 Å². The summed E-state index contributed by atoms with van der Waals surface area (Å²) < 4.78 is 33.5. The molecule has 33 heavy (non-hydrogen) atoms. The van der Waals surface area contributed by atoms with Crippen molar-refractivity contribution >= 4 is 43.6 Å². The van der Waals surface area contributed by atoms with Gasteiger partial charge in [0.05, 0.1) is 18.2 Å². The van der Waals surface area contributed by atoms with Crippen molar-refractivity contribution in [3.05, 3.63) is 11.5 Å². The molecule has 2 heterocycles. The Hall–Kier alpha value is -1.18. The zero-order valence-corrected chi connectivity index (χ0v) is 20.1. The summed E-state index contributed by atoms with van der Waals surface area (Å²) in [5, 5.41) is 29.0. The number of nitrogens with one attached hydrogen (secondary N) is 1. The number of rotatable bonds is 11. The van der Waals surface area contributed by atoms with Gasteiger partial charge in [-0.3, -0.25) is 9.13 Å². The molecule has 0 aliphatic heterocycles. The number of aromatic nitrogens is 4. The number of aliphatic hydroxyl groups is 2. The van der Waals surface area contributed by atoms with E-state index in [1.54, 1.807) is 0 Å². The van der Waals surface area contributed by atoms with Gasteiger partial charge >= 0.3 is 15.2 Å². The molecule has 17 heteroatoms. The second-order valence-corrected chi connectivity index (χ2v) is 12.0. The van der Waals surface area contributed by atoms with Gasteiger partial charge in [0.25, 0.3) is 0 Å². The SMILES string of the molecule is CO[C@H](COP(=O)(O)CP(=O)(O)O)[C@@H](O)[C@@H](O)n1ncc2c(NC3CCCC3)nc(Cl)nc21. The highest BCUT2D eigenvalue weighted by molar-refractivity contribution is 7.70. The standard InChI is InChI=1S/C16H26ClN5O9P2/c1-30-11(7-31-33(28,29)8-32(25,26)27)12(23)15(24)22-14-10(6-18-22)13(20-16(17)21-14)19-9-4-2-3-5-9/h6,9,11-12,15,23-24H,2-5,7-8H2,1H3,(H,28,29)(H,19,20,21)(H2,25,26,27)/t11-,12-,15-/m1/s1. The Labute approximate surface area is 193 Å². The first-order valence-electron chi connectivity index (χ1n) is 9.97. The first-order valence-corrected chi connectivity index (χ1v) is 13.9. The molecule has 0 radical (unpaired) electrons. The van der Waals surface area contributed by atoms with Crippen LogP contribution in [0.2, 0.25) is 5.28 Å². The van der Waals surface area contributed by atoms with Gasteiger partial charge in [-0.1, -0.05) is 12.8 Å². The van der Waals surface area contributed by atoms with Crippen molar-refractivity contribution in [2.24, 2.45) is 0 Å². The Morgan fingerprint density at radius 2 is 1.91 bits per heavy atom. The van der Waals surface area contributed by atoms with E-state index < -0.39 is 46.1 Å². The van der Waals surface area contributed by atoms with Crippen LogP contribution < -0.4 is 5.32 Å². The largest absolute Gasteiger partial charge is 0.386 e. The summed E-state index contributed by atoms with van der Waals surface area (Å²) in [6.45, 7) is -0.744. The highest BCUT2D eigenvalue weighted by Crippen LogP contribution is 2.55. The molecule has 0 amide bonds. The molecular formula is C16H26ClN5O9P2. The van der Waals surface area contributed by atoms with E-state index in [4.69, 9.17) is 26.1 Å². The molecule has 4 atom stereocenters. The summed E-state index contributed by atoms with van der Waals surface area (Å²) in [5.74, 6) is -0.958. The molecule has 2 aromatic heterocycles. The average Bonchev–Trinajstić information content (AvgIpc) is 3.35. The van der Waals surface area contributed by atoms with E-state index in [0.29, 0.717) is 11.2 Å². The molecule has 1 unspecified atom stereocenters. The third kappa shape index (κ3) is 6.92. The molecule has 1 fully saturated rings. The van der Waals surface area contributed by atoms with E-state index in [1.807, 2.05) is 0 Å². The van der Waals surface area contributed by atoms with Crippen LogP contribution in [0.3, 0.4) is 0 Å². The molecule has 2 aromatic rings. The van der Waals surface area contributed by atoms with Crippen LogP contribution in [0.1, 0.15) is 31.9 Å². The number of aliphatic hydroxyl groups excluding tert-OH is 2. The fourth-order valence-electron chi connectivity index (χ4n) is 3.57. The maximum atomic E-state index is 11.8. The molecule has 14 nitrogen and oxygen atoms in total. The molecule has 3 rings (SSSR count). The van der Waals surface area contributed by atoms with Gasteiger partial charge in [0.1, 0.15) is 18.0 Å². The van der Waals surface area contributed by atoms with E-state index >= 15 is 0 Å². The number of hydrogen-bond donors (Lipinski definition) is 6. The molecule has 0 spiro atoms. The molecule has 0 aromatic carbocycles. The van der Waals surface area contributed by atoms with Gasteiger partial charge in [-0.2, -0.15) is 15.1 Å². The average molecular weight is 530 g/mol. The van der Waals surface area contributed by atoms with E-state index in [0.717, 1.165) is 37.5 Å². The summed E-state index contributed by atoms with van der Waals surface area (Å²) in [4.78, 5) is 35.6. The minimum absolute atomic E-state index is 0.100. The summed E-state index contributed by atoms with van der Waals surface area (Å²) in [7, 11) is -8.35. The molecule has 0 bridgehead atoms. The molecular weight excluding hydrogens is 504 g/mol. The predicted octanol–water partition coefficient (Wildman–Crippen LogP) is 1.04. The van der Waals surface area contributed by atoms with E-state index in [1.165, 1.54) is 6.20 Å². The highest BCUT2D eigenvalue weighted by atomic mass is 35.5. The van der Waals surface area contributed by atoms with Crippen molar-refractivity contribution in [3.63, 3.8) is 0 Å². The second-order valence-electron chi connectivity index (χ2n) is 7.71. The molecule has 186 valence electrons. The Bertz CT molecular complexity index is 1060. The minimum atomic E-state index is -4.82. The van der Waals surface area contributed by atoms with Gasteiger partial charge in [0, 0.05) is 13.2 Å². The minimum Gasteiger partial charge on any atom is -0.386 e. The molecule has 6 N–H and O–H groups in total. The number of fused-ring (bicyclic) bond motifs is 1. The van der Waals surface area contributed by atoms with Crippen LogP contribution in [0.5, 0.6) is 0 Å². The normalized spacial score (nSPS) is 20.0. The Morgan fingerprint density at radius 3 is 2.52 bits per heavy atom.